The lowest BCUT2D eigenvalue weighted by Crippen LogP contribution is -2.46. The van der Waals surface area contributed by atoms with Crippen LogP contribution in [0.15, 0.2) is 0 Å². The van der Waals surface area contributed by atoms with E-state index in [1.165, 1.54) is 25.7 Å². The zero-order chi connectivity index (χ0) is 18.5. The maximum Gasteiger partial charge on any atom is 0.0128 e. The van der Waals surface area contributed by atoms with Crippen molar-refractivity contribution in [1.82, 2.24) is 15.5 Å². The van der Waals surface area contributed by atoms with Gasteiger partial charge in [0.25, 0.3) is 0 Å². The summed E-state index contributed by atoms with van der Waals surface area (Å²) in [4.78, 5) is 2.55. The van der Waals surface area contributed by atoms with Gasteiger partial charge in [0.15, 0.2) is 0 Å². The summed E-state index contributed by atoms with van der Waals surface area (Å²) in [5.74, 6) is 1.62. The molecule has 0 aromatic heterocycles. The highest BCUT2D eigenvalue weighted by Crippen LogP contribution is 2.39. The van der Waals surface area contributed by atoms with Crippen molar-refractivity contribution in [3.8, 4) is 0 Å². The Morgan fingerprint density at radius 3 is 2.21 bits per heavy atom. The van der Waals surface area contributed by atoms with E-state index in [9.17, 15) is 0 Å². The molecule has 4 unspecified atom stereocenters. The standard InChI is InChI=1S/C21H45N3/c1-15(2)14-22-17(5)10-11-21(7,8)23-18(6)12-19-13-20(19)24(9)16(3)4/h15-20,22-23H,10-14H2,1-9H3. The molecule has 1 aliphatic rings. The molecule has 1 rings (SSSR count). The number of hydrogen-bond donors (Lipinski definition) is 2. The van der Waals surface area contributed by atoms with Crippen LogP contribution in [0.25, 0.3) is 0 Å². The highest BCUT2D eigenvalue weighted by Gasteiger charge is 2.41. The van der Waals surface area contributed by atoms with Crippen LogP contribution in [-0.4, -0.2) is 48.2 Å². The molecule has 2 N–H and O–H groups in total. The summed E-state index contributed by atoms with van der Waals surface area (Å²) in [6.45, 7) is 19.7. The Labute approximate surface area is 152 Å². The predicted octanol–water partition coefficient (Wildman–Crippen LogP) is 4.28. The van der Waals surface area contributed by atoms with Gasteiger partial charge < -0.3 is 15.5 Å². The van der Waals surface area contributed by atoms with Gasteiger partial charge in [-0.05, 0) is 92.7 Å². The molecule has 0 bridgehead atoms. The van der Waals surface area contributed by atoms with Gasteiger partial charge in [-0.1, -0.05) is 13.8 Å². The molecule has 0 spiro atoms. The first-order chi connectivity index (χ1) is 11.0. The van der Waals surface area contributed by atoms with Gasteiger partial charge in [0.05, 0.1) is 0 Å². The van der Waals surface area contributed by atoms with Crippen molar-refractivity contribution in [2.75, 3.05) is 13.6 Å². The molecule has 0 radical (unpaired) electrons. The van der Waals surface area contributed by atoms with E-state index in [1.807, 2.05) is 0 Å². The van der Waals surface area contributed by atoms with Gasteiger partial charge in [-0.25, -0.2) is 0 Å². The predicted molar refractivity (Wildman–Crippen MR) is 108 cm³/mol. The van der Waals surface area contributed by atoms with E-state index in [0.29, 0.717) is 18.1 Å². The van der Waals surface area contributed by atoms with E-state index in [-0.39, 0.29) is 5.54 Å². The maximum atomic E-state index is 3.89. The molecule has 0 aromatic rings. The smallest absolute Gasteiger partial charge is 0.0128 e. The molecule has 3 heteroatoms. The first-order valence-electron chi connectivity index (χ1n) is 10.2. The third kappa shape index (κ3) is 8.31. The minimum atomic E-state index is 0.224. The summed E-state index contributed by atoms with van der Waals surface area (Å²) in [7, 11) is 2.28. The second-order valence-electron chi connectivity index (χ2n) is 9.73. The zero-order valence-electron chi connectivity index (χ0n) is 17.9. The Morgan fingerprint density at radius 1 is 1.04 bits per heavy atom. The molecule has 24 heavy (non-hydrogen) atoms. The molecule has 1 fully saturated rings. The van der Waals surface area contributed by atoms with E-state index in [1.54, 1.807) is 0 Å². The van der Waals surface area contributed by atoms with Crippen LogP contribution in [0.5, 0.6) is 0 Å². The fraction of sp³-hybridized carbons (Fsp3) is 1.00. The van der Waals surface area contributed by atoms with E-state index in [4.69, 9.17) is 0 Å². The molecular formula is C21H45N3. The fourth-order valence-electron chi connectivity index (χ4n) is 3.74. The van der Waals surface area contributed by atoms with E-state index >= 15 is 0 Å². The van der Waals surface area contributed by atoms with E-state index in [0.717, 1.165) is 24.4 Å². The highest BCUT2D eigenvalue weighted by molar-refractivity contribution is 4.97. The Hall–Kier alpha value is -0.120. The molecule has 1 aliphatic carbocycles. The maximum absolute atomic E-state index is 3.89. The van der Waals surface area contributed by atoms with Crippen molar-refractivity contribution in [3.63, 3.8) is 0 Å². The van der Waals surface area contributed by atoms with Gasteiger partial charge in [0.1, 0.15) is 0 Å². The van der Waals surface area contributed by atoms with Crippen LogP contribution in [0.4, 0.5) is 0 Å². The largest absolute Gasteiger partial charge is 0.314 e. The zero-order valence-corrected chi connectivity index (χ0v) is 17.9. The number of nitrogens with one attached hydrogen (secondary N) is 2. The summed E-state index contributed by atoms with van der Waals surface area (Å²) in [5, 5.41) is 7.54. The lowest BCUT2D eigenvalue weighted by atomic mass is 9.94. The summed E-state index contributed by atoms with van der Waals surface area (Å²) < 4.78 is 0. The van der Waals surface area contributed by atoms with Gasteiger partial charge in [-0.15, -0.1) is 0 Å². The van der Waals surface area contributed by atoms with Crippen LogP contribution in [0.3, 0.4) is 0 Å². The average molecular weight is 340 g/mol. The SMILES string of the molecule is CC(C)CNC(C)CCC(C)(C)NC(C)CC1CC1N(C)C(C)C. The van der Waals surface area contributed by atoms with Gasteiger partial charge in [-0.3, -0.25) is 0 Å². The molecule has 3 nitrogen and oxygen atoms in total. The lowest BCUT2D eigenvalue weighted by Gasteiger charge is -2.32. The third-order valence-corrected chi connectivity index (χ3v) is 5.59. The minimum absolute atomic E-state index is 0.224. The molecule has 4 atom stereocenters. The van der Waals surface area contributed by atoms with Crippen LogP contribution < -0.4 is 10.6 Å². The van der Waals surface area contributed by atoms with E-state index in [2.05, 4.69) is 78.0 Å². The second-order valence-corrected chi connectivity index (χ2v) is 9.73. The summed E-state index contributed by atoms with van der Waals surface area (Å²) >= 11 is 0. The van der Waals surface area contributed by atoms with Crippen LogP contribution in [0.1, 0.15) is 81.1 Å². The van der Waals surface area contributed by atoms with Crippen LogP contribution in [0.2, 0.25) is 0 Å². The number of hydrogen-bond acceptors (Lipinski definition) is 3. The normalized spacial score (nSPS) is 24.0. The van der Waals surface area contributed by atoms with Crippen molar-refractivity contribution >= 4 is 0 Å². The van der Waals surface area contributed by atoms with Crippen molar-refractivity contribution < 1.29 is 0 Å². The minimum Gasteiger partial charge on any atom is -0.314 e. The topological polar surface area (TPSA) is 27.3 Å². The molecule has 0 saturated heterocycles. The highest BCUT2D eigenvalue weighted by atomic mass is 15.2. The number of rotatable bonds is 12. The van der Waals surface area contributed by atoms with Crippen LogP contribution in [-0.2, 0) is 0 Å². The first kappa shape index (κ1) is 21.9. The molecule has 0 aliphatic heterocycles. The molecule has 0 heterocycles. The lowest BCUT2D eigenvalue weighted by molar-refractivity contribution is 0.239. The molecule has 144 valence electrons. The summed E-state index contributed by atoms with van der Waals surface area (Å²) in [6, 6.07) is 2.70. The van der Waals surface area contributed by atoms with Crippen LogP contribution >= 0.6 is 0 Å². The Balaban J connectivity index is 2.26. The first-order valence-corrected chi connectivity index (χ1v) is 10.2. The molecule has 0 amide bonds. The van der Waals surface area contributed by atoms with Gasteiger partial charge >= 0.3 is 0 Å². The van der Waals surface area contributed by atoms with Crippen molar-refractivity contribution in [2.24, 2.45) is 11.8 Å². The summed E-state index contributed by atoms with van der Waals surface area (Å²) in [5.41, 5.74) is 0.224. The monoisotopic (exact) mass is 339 g/mol. The van der Waals surface area contributed by atoms with Crippen LogP contribution in [0, 0.1) is 11.8 Å². The number of nitrogens with zero attached hydrogens (tertiary/aromatic N) is 1. The van der Waals surface area contributed by atoms with Crippen molar-refractivity contribution in [2.45, 2.75) is 111 Å². The van der Waals surface area contributed by atoms with Gasteiger partial charge in [0.2, 0.25) is 0 Å². The molecule has 0 aromatic carbocycles. The van der Waals surface area contributed by atoms with Crippen molar-refractivity contribution in [3.05, 3.63) is 0 Å². The Bertz CT molecular complexity index is 351. The van der Waals surface area contributed by atoms with Gasteiger partial charge in [0, 0.05) is 29.7 Å². The second kappa shape index (κ2) is 9.54. The quantitative estimate of drug-likeness (QED) is 0.556. The van der Waals surface area contributed by atoms with Crippen molar-refractivity contribution in [1.29, 1.82) is 0 Å². The fourth-order valence-corrected chi connectivity index (χ4v) is 3.74. The molecular weight excluding hydrogens is 294 g/mol. The summed E-state index contributed by atoms with van der Waals surface area (Å²) in [6.07, 6.45) is 5.16. The Kier molecular flexibility index (Phi) is 8.72. The Morgan fingerprint density at radius 2 is 1.67 bits per heavy atom. The average Bonchev–Trinajstić information content (AvgIpc) is 3.20. The third-order valence-electron chi connectivity index (χ3n) is 5.59. The van der Waals surface area contributed by atoms with E-state index < -0.39 is 0 Å². The molecule has 1 saturated carbocycles. The van der Waals surface area contributed by atoms with Gasteiger partial charge in [-0.2, -0.15) is 0 Å².